The van der Waals surface area contributed by atoms with E-state index in [1.165, 1.54) is 7.11 Å². The van der Waals surface area contributed by atoms with Crippen LogP contribution in [0.1, 0.15) is 31.2 Å². The van der Waals surface area contributed by atoms with E-state index in [0.29, 0.717) is 30.2 Å². The number of ether oxygens (including phenoxy) is 2. The normalized spacial score (nSPS) is 19.3. The Labute approximate surface area is 176 Å². The van der Waals surface area contributed by atoms with Gasteiger partial charge in [0.1, 0.15) is 11.7 Å². The molecule has 1 aliphatic carbocycles. The quantitative estimate of drug-likeness (QED) is 0.390. The van der Waals surface area contributed by atoms with Crippen LogP contribution in [0.2, 0.25) is 5.02 Å². The van der Waals surface area contributed by atoms with E-state index in [-0.39, 0.29) is 5.78 Å². The van der Waals surface area contributed by atoms with Crippen molar-refractivity contribution in [2.24, 2.45) is 5.92 Å². The number of Topliss-reactive ketones (excluding diaryl/α,β-unsaturated/α-hetero) is 1. The zero-order valence-electron chi connectivity index (χ0n) is 16.8. The molecule has 1 fully saturated rings. The van der Waals surface area contributed by atoms with Crippen LogP contribution in [0, 0.1) is 5.92 Å². The smallest absolute Gasteiger partial charge is 0.316 e. The molecule has 2 aromatic carbocycles. The molecule has 0 bridgehead atoms. The Kier molecular flexibility index (Phi) is 7.15. The van der Waals surface area contributed by atoms with Crippen LogP contribution < -0.4 is 9.64 Å². The van der Waals surface area contributed by atoms with Gasteiger partial charge in [0, 0.05) is 12.6 Å². The average molecular weight is 416 g/mol. The first-order valence-corrected chi connectivity index (χ1v) is 10.2. The van der Waals surface area contributed by atoms with E-state index in [0.717, 1.165) is 24.1 Å². The zero-order valence-corrected chi connectivity index (χ0v) is 17.5. The Morgan fingerprint density at radius 1 is 1.10 bits per heavy atom. The summed E-state index contributed by atoms with van der Waals surface area (Å²) in [6, 6.07) is 14.9. The first kappa shape index (κ1) is 21.2. The Hall–Kier alpha value is -2.53. The summed E-state index contributed by atoms with van der Waals surface area (Å²) >= 11 is 6.55. The standard InChI is InChI=1S/C23H26ClNO4/c1-28-17-12-13-19(24)21(14-17)25(15-16-8-4-3-5-9-16)20-11-7-6-10-18(22(20)26)23(27)29-2/h3-5,8-9,12-14,18,20H,6-7,10-11,15H2,1-2H3. The van der Waals surface area contributed by atoms with Gasteiger partial charge in [-0.3, -0.25) is 9.59 Å². The van der Waals surface area contributed by atoms with Gasteiger partial charge in [-0.25, -0.2) is 0 Å². The number of nitrogens with zero attached hydrogens (tertiary/aromatic N) is 1. The van der Waals surface area contributed by atoms with Gasteiger partial charge in [-0.05, 0) is 30.5 Å². The molecule has 1 aliphatic rings. The molecule has 0 amide bonds. The van der Waals surface area contributed by atoms with Crippen molar-refractivity contribution in [3.63, 3.8) is 0 Å². The minimum Gasteiger partial charge on any atom is -0.497 e. The third-order valence-corrected chi connectivity index (χ3v) is 5.73. The number of carbonyl (C=O) groups is 2. The minimum atomic E-state index is -0.741. The predicted molar refractivity (Wildman–Crippen MR) is 113 cm³/mol. The fourth-order valence-electron chi connectivity index (χ4n) is 3.87. The fraction of sp³-hybridized carbons (Fsp3) is 0.391. The lowest BCUT2D eigenvalue weighted by Crippen LogP contribution is -2.45. The summed E-state index contributed by atoms with van der Waals surface area (Å²) in [6.07, 6.45) is 2.85. The number of anilines is 1. The van der Waals surface area contributed by atoms with E-state index in [9.17, 15) is 9.59 Å². The van der Waals surface area contributed by atoms with Crippen molar-refractivity contribution in [1.29, 1.82) is 0 Å². The van der Waals surface area contributed by atoms with Crippen molar-refractivity contribution in [3.05, 3.63) is 59.1 Å². The largest absolute Gasteiger partial charge is 0.497 e. The second kappa shape index (κ2) is 9.79. The van der Waals surface area contributed by atoms with Gasteiger partial charge in [-0.2, -0.15) is 0 Å². The summed E-state index contributed by atoms with van der Waals surface area (Å²) in [7, 11) is 2.93. The van der Waals surface area contributed by atoms with Crippen molar-refractivity contribution in [1.82, 2.24) is 0 Å². The Morgan fingerprint density at radius 3 is 2.52 bits per heavy atom. The van der Waals surface area contributed by atoms with Gasteiger partial charge in [0.25, 0.3) is 0 Å². The van der Waals surface area contributed by atoms with E-state index in [1.54, 1.807) is 19.2 Å². The molecule has 5 nitrogen and oxygen atoms in total. The zero-order chi connectivity index (χ0) is 20.8. The number of rotatable bonds is 6. The molecule has 3 rings (SSSR count). The van der Waals surface area contributed by atoms with Gasteiger partial charge >= 0.3 is 5.97 Å². The van der Waals surface area contributed by atoms with Crippen molar-refractivity contribution in [2.75, 3.05) is 19.1 Å². The van der Waals surface area contributed by atoms with E-state index in [4.69, 9.17) is 21.1 Å². The van der Waals surface area contributed by atoms with Gasteiger partial charge in [0.05, 0.1) is 31.0 Å². The van der Waals surface area contributed by atoms with Crippen molar-refractivity contribution in [2.45, 2.75) is 38.3 Å². The highest BCUT2D eigenvalue weighted by Gasteiger charge is 2.38. The predicted octanol–water partition coefficient (Wildman–Crippen LogP) is 4.66. The highest BCUT2D eigenvalue weighted by molar-refractivity contribution is 6.33. The lowest BCUT2D eigenvalue weighted by atomic mass is 9.94. The van der Waals surface area contributed by atoms with E-state index >= 15 is 0 Å². The summed E-state index contributed by atoms with van der Waals surface area (Å²) in [5, 5.41) is 0.536. The molecule has 6 heteroatoms. The molecular formula is C23H26ClNO4. The Morgan fingerprint density at radius 2 is 1.83 bits per heavy atom. The van der Waals surface area contributed by atoms with E-state index in [1.807, 2.05) is 41.3 Å². The number of benzene rings is 2. The highest BCUT2D eigenvalue weighted by Crippen LogP contribution is 2.36. The molecule has 0 radical (unpaired) electrons. The molecular weight excluding hydrogens is 390 g/mol. The maximum absolute atomic E-state index is 13.4. The molecule has 29 heavy (non-hydrogen) atoms. The fourth-order valence-corrected chi connectivity index (χ4v) is 4.10. The number of halogens is 1. The molecule has 2 atom stereocenters. The number of hydrogen-bond acceptors (Lipinski definition) is 5. The number of methoxy groups -OCH3 is 2. The molecule has 154 valence electrons. The molecule has 0 aromatic heterocycles. The number of hydrogen-bond donors (Lipinski definition) is 0. The van der Waals surface area contributed by atoms with Gasteiger partial charge in [-0.15, -0.1) is 0 Å². The Bertz CT molecular complexity index is 855. The van der Waals surface area contributed by atoms with Crippen LogP contribution in [0.4, 0.5) is 5.69 Å². The first-order chi connectivity index (χ1) is 14.0. The van der Waals surface area contributed by atoms with Gasteiger partial charge in [-0.1, -0.05) is 54.8 Å². The van der Waals surface area contributed by atoms with Gasteiger partial charge in [0.15, 0.2) is 5.78 Å². The summed E-state index contributed by atoms with van der Waals surface area (Å²) in [4.78, 5) is 27.7. The maximum atomic E-state index is 13.4. The van der Waals surface area contributed by atoms with E-state index in [2.05, 4.69) is 0 Å². The molecule has 0 N–H and O–H groups in total. The Balaban J connectivity index is 2.04. The second-order valence-corrected chi connectivity index (χ2v) is 7.62. The molecule has 2 unspecified atom stereocenters. The van der Waals surface area contributed by atoms with Gasteiger partial charge < -0.3 is 14.4 Å². The van der Waals surface area contributed by atoms with Crippen molar-refractivity contribution >= 4 is 29.0 Å². The first-order valence-electron chi connectivity index (χ1n) is 9.80. The summed E-state index contributed by atoms with van der Waals surface area (Å²) in [5.74, 6) is -0.648. The van der Waals surface area contributed by atoms with Gasteiger partial charge in [0.2, 0.25) is 0 Å². The summed E-state index contributed by atoms with van der Waals surface area (Å²) in [5.41, 5.74) is 1.77. The van der Waals surface area contributed by atoms with Crippen molar-refractivity contribution < 1.29 is 19.1 Å². The molecule has 0 aliphatic heterocycles. The lowest BCUT2D eigenvalue weighted by Gasteiger charge is -2.34. The molecule has 0 saturated heterocycles. The second-order valence-electron chi connectivity index (χ2n) is 7.21. The average Bonchev–Trinajstić information content (AvgIpc) is 2.94. The maximum Gasteiger partial charge on any atom is 0.316 e. The topological polar surface area (TPSA) is 55.8 Å². The molecule has 0 heterocycles. The van der Waals surface area contributed by atoms with Crippen LogP contribution in [0.25, 0.3) is 0 Å². The SMILES string of the molecule is COC(=O)C1CCCCC(N(Cc2ccccc2)c2cc(OC)ccc2Cl)C1=O. The third-order valence-electron chi connectivity index (χ3n) is 5.41. The molecule has 0 spiro atoms. The number of esters is 1. The third kappa shape index (κ3) is 4.91. The monoisotopic (exact) mass is 415 g/mol. The molecule has 1 saturated carbocycles. The number of ketones is 1. The van der Waals surface area contributed by atoms with Crippen LogP contribution in [-0.2, 0) is 20.9 Å². The minimum absolute atomic E-state index is 0.107. The van der Waals surface area contributed by atoms with Crippen molar-refractivity contribution in [3.8, 4) is 5.75 Å². The lowest BCUT2D eigenvalue weighted by molar-refractivity contribution is -0.149. The summed E-state index contributed by atoms with van der Waals surface area (Å²) < 4.78 is 10.3. The highest BCUT2D eigenvalue weighted by atomic mass is 35.5. The van der Waals surface area contributed by atoms with Crippen LogP contribution in [0.15, 0.2) is 48.5 Å². The van der Waals surface area contributed by atoms with Crippen LogP contribution in [-0.4, -0.2) is 32.0 Å². The van der Waals surface area contributed by atoms with Crippen LogP contribution >= 0.6 is 11.6 Å². The summed E-state index contributed by atoms with van der Waals surface area (Å²) in [6.45, 7) is 0.498. The van der Waals surface area contributed by atoms with E-state index < -0.39 is 17.9 Å². The number of carbonyl (C=O) groups excluding carboxylic acids is 2. The van der Waals surface area contributed by atoms with Crippen LogP contribution in [0.3, 0.4) is 0 Å². The van der Waals surface area contributed by atoms with Crippen LogP contribution in [0.5, 0.6) is 5.75 Å². The molecule has 2 aromatic rings.